The van der Waals surface area contributed by atoms with Crippen molar-refractivity contribution in [3.8, 4) is 0 Å². The lowest BCUT2D eigenvalue weighted by Gasteiger charge is -2.30. The Morgan fingerprint density at radius 2 is 2.12 bits per heavy atom. The van der Waals surface area contributed by atoms with Crippen molar-refractivity contribution in [1.29, 1.82) is 0 Å². The molecule has 2 aliphatic rings. The Morgan fingerprint density at radius 1 is 1.42 bits per heavy atom. The van der Waals surface area contributed by atoms with Crippen LogP contribution in [-0.4, -0.2) is 42.5 Å². The van der Waals surface area contributed by atoms with Crippen LogP contribution < -0.4 is 0 Å². The molecule has 0 amide bonds. The van der Waals surface area contributed by atoms with Gasteiger partial charge in [-0.15, -0.1) is 0 Å². The number of hydrogen-bond acceptors (Lipinski definition) is 3. The van der Waals surface area contributed by atoms with Gasteiger partial charge in [-0.25, -0.2) is 4.99 Å². The van der Waals surface area contributed by atoms with Gasteiger partial charge < -0.3 is 14.7 Å². The second kappa shape index (κ2) is 8.71. The molecule has 1 saturated carbocycles. The minimum Gasteiger partial charge on any atom is -0.497 e. The molecule has 0 aromatic rings. The molecule has 2 aliphatic carbocycles. The topological polar surface area (TPSA) is 62.1 Å². The first-order valence-corrected chi connectivity index (χ1v) is 8.64. The van der Waals surface area contributed by atoms with Gasteiger partial charge >= 0.3 is 5.97 Å². The molecule has 5 heteroatoms. The number of carbonyl (C=O) groups is 1. The molecule has 5 nitrogen and oxygen atoms in total. The summed E-state index contributed by atoms with van der Waals surface area (Å²) in [4.78, 5) is 17.7. The highest BCUT2D eigenvalue weighted by atomic mass is 16.5. The van der Waals surface area contributed by atoms with Crippen molar-refractivity contribution in [3.05, 3.63) is 36.3 Å². The number of aliphatic carboxylic acids is 1. The highest BCUT2D eigenvalue weighted by Gasteiger charge is 2.24. The van der Waals surface area contributed by atoms with Crippen molar-refractivity contribution in [2.75, 3.05) is 20.7 Å². The molecule has 0 bridgehead atoms. The average Bonchev–Trinajstić information content (AvgIpc) is 2.59. The highest BCUT2D eigenvalue weighted by molar-refractivity contribution is 5.88. The molecule has 132 valence electrons. The zero-order valence-corrected chi connectivity index (χ0v) is 14.7. The van der Waals surface area contributed by atoms with E-state index in [-0.39, 0.29) is 12.5 Å². The Hall–Kier alpha value is -2.04. The monoisotopic (exact) mass is 332 g/mol. The zero-order valence-electron chi connectivity index (χ0n) is 14.7. The fourth-order valence-corrected chi connectivity index (χ4v) is 3.36. The molecule has 0 saturated heterocycles. The van der Waals surface area contributed by atoms with Gasteiger partial charge in [-0.05, 0) is 31.4 Å². The molecular weight excluding hydrogens is 304 g/mol. The van der Waals surface area contributed by atoms with Crippen LogP contribution in [0.25, 0.3) is 0 Å². The van der Waals surface area contributed by atoms with E-state index in [0.29, 0.717) is 5.92 Å². The molecule has 24 heavy (non-hydrogen) atoms. The maximum Gasteiger partial charge on any atom is 0.323 e. The van der Waals surface area contributed by atoms with E-state index in [1.165, 1.54) is 19.3 Å². The largest absolute Gasteiger partial charge is 0.497 e. The fourth-order valence-electron chi connectivity index (χ4n) is 3.36. The van der Waals surface area contributed by atoms with Crippen LogP contribution in [0.5, 0.6) is 0 Å². The van der Waals surface area contributed by atoms with Crippen molar-refractivity contribution in [2.45, 2.75) is 38.5 Å². The van der Waals surface area contributed by atoms with Gasteiger partial charge in [-0.1, -0.05) is 31.9 Å². The van der Waals surface area contributed by atoms with Crippen LogP contribution in [0.3, 0.4) is 0 Å². The van der Waals surface area contributed by atoms with E-state index in [1.54, 1.807) is 12.0 Å². The van der Waals surface area contributed by atoms with Crippen molar-refractivity contribution >= 4 is 11.8 Å². The maximum atomic E-state index is 11.1. The van der Waals surface area contributed by atoms with Crippen LogP contribution in [0, 0.1) is 11.8 Å². The van der Waals surface area contributed by atoms with Crippen molar-refractivity contribution in [3.63, 3.8) is 0 Å². The first kappa shape index (κ1) is 18.3. The van der Waals surface area contributed by atoms with Gasteiger partial charge in [-0.2, -0.15) is 0 Å². The van der Waals surface area contributed by atoms with E-state index in [0.717, 1.165) is 36.6 Å². The molecular formula is C19H28N2O3. The van der Waals surface area contributed by atoms with Gasteiger partial charge in [0, 0.05) is 24.6 Å². The summed E-state index contributed by atoms with van der Waals surface area (Å²) in [5, 5.41) is 9.12. The molecule has 0 aromatic heterocycles. The quantitative estimate of drug-likeness (QED) is 0.596. The van der Waals surface area contributed by atoms with Crippen LogP contribution in [0.2, 0.25) is 0 Å². The van der Waals surface area contributed by atoms with E-state index in [9.17, 15) is 4.79 Å². The molecule has 0 aromatic carbocycles. The Morgan fingerprint density at radius 3 is 2.67 bits per heavy atom. The second-order valence-corrected chi connectivity index (χ2v) is 6.56. The number of amidine groups is 1. The van der Waals surface area contributed by atoms with Gasteiger partial charge in [0.1, 0.15) is 18.1 Å². The van der Waals surface area contributed by atoms with Crippen molar-refractivity contribution in [2.24, 2.45) is 16.8 Å². The normalized spacial score (nSPS) is 22.0. The fraction of sp³-hybridized carbons (Fsp3) is 0.579. The number of carboxylic acid groups (broad SMARTS) is 1. The average molecular weight is 332 g/mol. The maximum absolute atomic E-state index is 11.1. The van der Waals surface area contributed by atoms with Gasteiger partial charge in [0.25, 0.3) is 0 Å². The minimum atomic E-state index is -0.836. The second-order valence-electron chi connectivity index (χ2n) is 6.56. The summed E-state index contributed by atoms with van der Waals surface area (Å²) in [6, 6.07) is 0. The molecule has 0 aliphatic heterocycles. The first-order chi connectivity index (χ1) is 11.5. The van der Waals surface area contributed by atoms with Crippen molar-refractivity contribution < 1.29 is 14.6 Å². The number of nitrogens with zero attached hydrogens (tertiary/aromatic N) is 2. The Labute approximate surface area is 144 Å². The lowest BCUT2D eigenvalue weighted by Crippen LogP contribution is -2.38. The Kier molecular flexibility index (Phi) is 6.64. The zero-order chi connectivity index (χ0) is 17.5. The van der Waals surface area contributed by atoms with Crippen LogP contribution in [0.4, 0.5) is 0 Å². The van der Waals surface area contributed by atoms with Crippen LogP contribution in [-0.2, 0) is 9.53 Å². The van der Waals surface area contributed by atoms with E-state index >= 15 is 0 Å². The number of aliphatic imine (C=N–C) groups is 1. The van der Waals surface area contributed by atoms with Crippen LogP contribution in [0.1, 0.15) is 38.5 Å². The summed E-state index contributed by atoms with van der Waals surface area (Å²) in [5.41, 5.74) is 0.787. The third-order valence-electron chi connectivity index (χ3n) is 4.72. The third kappa shape index (κ3) is 4.98. The lowest BCUT2D eigenvalue weighted by atomic mass is 9.87. The number of likely N-dealkylation sites (N-methyl/N-ethyl adjacent to an activating group) is 1. The summed E-state index contributed by atoms with van der Waals surface area (Å²) in [6.07, 6.45) is 12.6. The SMILES string of the molecule is C=C(N=C(C1CCCCC1)N(C)CC(=O)O)C1C=CC(OC)=CC1. The molecule has 1 fully saturated rings. The van der Waals surface area contributed by atoms with Gasteiger partial charge in [-0.3, -0.25) is 4.79 Å². The van der Waals surface area contributed by atoms with E-state index in [4.69, 9.17) is 14.8 Å². The number of allylic oxidation sites excluding steroid dienone is 3. The van der Waals surface area contributed by atoms with E-state index in [1.807, 2.05) is 19.2 Å². The van der Waals surface area contributed by atoms with Crippen LogP contribution >= 0.6 is 0 Å². The highest BCUT2D eigenvalue weighted by Crippen LogP contribution is 2.29. The minimum absolute atomic E-state index is 0.0309. The van der Waals surface area contributed by atoms with Gasteiger partial charge in [0.15, 0.2) is 0 Å². The summed E-state index contributed by atoms with van der Waals surface area (Å²) in [7, 11) is 3.47. The predicted molar refractivity (Wildman–Crippen MR) is 95.8 cm³/mol. The van der Waals surface area contributed by atoms with E-state index < -0.39 is 5.97 Å². The number of rotatable bonds is 6. The first-order valence-electron chi connectivity index (χ1n) is 8.64. The summed E-state index contributed by atoms with van der Waals surface area (Å²) in [5.74, 6) is 1.37. The summed E-state index contributed by atoms with van der Waals surface area (Å²) >= 11 is 0. The van der Waals surface area contributed by atoms with Crippen molar-refractivity contribution in [1.82, 2.24) is 4.90 Å². The Balaban J connectivity index is 2.14. The van der Waals surface area contributed by atoms with Gasteiger partial charge in [0.2, 0.25) is 0 Å². The third-order valence-corrected chi connectivity index (χ3v) is 4.72. The summed E-state index contributed by atoms with van der Waals surface area (Å²) in [6.45, 7) is 4.11. The molecule has 1 N–H and O–H groups in total. The number of ether oxygens (including phenoxy) is 1. The molecule has 1 unspecified atom stereocenters. The number of methoxy groups -OCH3 is 1. The molecule has 1 atom stereocenters. The molecule has 2 rings (SSSR count). The standard InChI is InChI=1S/C19H28N2O3/c1-14(15-9-11-17(24-3)12-10-15)20-19(21(2)13-18(22)23)16-7-5-4-6-8-16/h9,11-12,15-16H,1,4-8,10,13H2,2-3H3,(H,22,23). The Bertz CT molecular complexity index is 557. The van der Waals surface area contributed by atoms with Crippen LogP contribution in [0.15, 0.2) is 41.3 Å². The number of carboxylic acids is 1. The van der Waals surface area contributed by atoms with E-state index in [2.05, 4.69) is 12.7 Å². The molecule has 0 radical (unpaired) electrons. The smallest absolute Gasteiger partial charge is 0.323 e. The molecule has 0 spiro atoms. The van der Waals surface area contributed by atoms with Gasteiger partial charge in [0.05, 0.1) is 7.11 Å². The number of hydrogen-bond donors (Lipinski definition) is 1. The lowest BCUT2D eigenvalue weighted by molar-refractivity contribution is -0.137. The predicted octanol–water partition coefficient (Wildman–Crippen LogP) is 3.60. The summed E-state index contributed by atoms with van der Waals surface area (Å²) < 4.78 is 5.21. The molecule has 0 heterocycles.